The molecule has 2 N–H and O–H groups in total. The van der Waals surface area contributed by atoms with Crippen molar-refractivity contribution in [1.82, 2.24) is 14.5 Å². The van der Waals surface area contributed by atoms with E-state index in [-0.39, 0.29) is 18.0 Å². The van der Waals surface area contributed by atoms with Gasteiger partial charge >= 0.3 is 5.97 Å². The molecule has 1 aliphatic rings. The highest BCUT2D eigenvalue weighted by atomic mass is 32.2. The fourth-order valence-corrected chi connectivity index (χ4v) is 3.31. The van der Waals surface area contributed by atoms with Gasteiger partial charge in [0.15, 0.2) is 0 Å². The predicted molar refractivity (Wildman–Crippen MR) is 62.3 cm³/mol. The lowest BCUT2D eigenvalue weighted by Crippen LogP contribution is -2.45. The SMILES string of the molecule is CC1(C(=O)O)CCN(S(=O)(=O)c2cn[nH]c2)CC1. The molecule has 2 rings (SSSR count). The maximum atomic E-state index is 12.1. The number of aromatic amines is 1. The molecule has 0 unspecified atom stereocenters. The smallest absolute Gasteiger partial charge is 0.309 e. The average Bonchev–Trinajstić information content (AvgIpc) is 2.83. The quantitative estimate of drug-likeness (QED) is 0.823. The van der Waals surface area contributed by atoms with Gasteiger partial charge in [-0.15, -0.1) is 0 Å². The van der Waals surface area contributed by atoms with Gasteiger partial charge in [-0.3, -0.25) is 9.89 Å². The molecule has 0 amide bonds. The summed E-state index contributed by atoms with van der Waals surface area (Å²) >= 11 is 0. The summed E-state index contributed by atoms with van der Waals surface area (Å²) in [5.74, 6) is -0.872. The van der Waals surface area contributed by atoms with E-state index in [4.69, 9.17) is 5.11 Å². The van der Waals surface area contributed by atoms with Gasteiger partial charge in [0.2, 0.25) is 10.0 Å². The molecular weight excluding hydrogens is 258 g/mol. The van der Waals surface area contributed by atoms with Crippen LogP contribution >= 0.6 is 0 Å². The Balaban J connectivity index is 2.14. The zero-order valence-electron chi connectivity index (χ0n) is 9.96. The van der Waals surface area contributed by atoms with Crippen molar-refractivity contribution in [2.45, 2.75) is 24.7 Å². The first-order valence-electron chi connectivity index (χ1n) is 5.59. The largest absolute Gasteiger partial charge is 0.481 e. The second-order valence-corrected chi connectivity index (χ2v) is 6.64. The minimum Gasteiger partial charge on any atom is -0.481 e. The summed E-state index contributed by atoms with van der Waals surface area (Å²) in [5, 5.41) is 15.2. The summed E-state index contributed by atoms with van der Waals surface area (Å²) < 4.78 is 25.6. The Bertz CT molecular complexity index is 529. The van der Waals surface area contributed by atoms with Crippen LogP contribution in [0.1, 0.15) is 19.8 Å². The highest BCUT2D eigenvalue weighted by Crippen LogP contribution is 2.33. The third kappa shape index (κ3) is 2.13. The molecule has 0 bridgehead atoms. The molecule has 1 saturated heterocycles. The number of carboxylic acid groups (broad SMARTS) is 1. The molecule has 18 heavy (non-hydrogen) atoms. The standard InChI is InChI=1S/C10H15N3O4S/c1-10(9(14)15)2-4-13(5-3-10)18(16,17)8-6-11-12-7-8/h6-7H,2-5H2,1H3,(H,11,12)(H,14,15). The van der Waals surface area contributed by atoms with E-state index in [0.29, 0.717) is 12.8 Å². The van der Waals surface area contributed by atoms with Crippen LogP contribution in [-0.2, 0) is 14.8 Å². The Morgan fingerprint density at radius 1 is 1.50 bits per heavy atom. The molecule has 1 aliphatic heterocycles. The Morgan fingerprint density at radius 3 is 2.56 bits per heavy atom. The minimum atomic E-state index is -3.55. The number of nitrogens with one attached hydrogen (secondary N) is 1. The number of aliphatic carboxylic acids is 1. The van der Waals surface area contributed by atoms with Gasteiger partial charge in [0, 0.05) is 19.3 Å². The third-order valence-corrected chi connectivity index (χ3v) is 5.32. The van der Waals surface area contributed by atoms with Crippen molar-refractivity contribution in [2.75, 3.05) is 13.1 Å². The number of hydrogen-bond donors (Lipinski definition) is 2. The van der Waals surface area contributed by atoms with Gasteiger partial charge < -0.3 is 5.11 Å². The number of carbonyl (C=O) groups is 1. The van der Waals surface area contributed by atoms with Crippen molar-refractivity contribution < 1.29 is 18.3 Å². The summed E-state index contributed by atoms with van der Waals surface area (Å²) in [5.41, 5.74) is -0.831. The zero-order chi connectivity index (χ0) is 13.4. The molecular formula is C10H15N3O4S. The van der Waals surface area contributed by atoms with Crippen LogP contribution in [0.15, 0.2) is 17.3 Å². The van der Waals surface area contributed by atoms with Crippen LogP contribution in [0.25, 0.3) is 0 Å². The summed E-state index contributed by atoms with van der Waals surface area (Å²) in [4.78, 5) is 11.2. The maximum Gasteiger partial charge on any atom is 0.309 e. The van der Waals surface area contributed by atoms with Crippen molar-refractivity contribution in [1.29, 1.82) is 0 Å². The molecule has 1 aromatic rings. The summed E-state index contributed by atoms with van der Waals surface area (Å²) in [7, 11) is -3.55. The summed E-state index contributed by atoms with van der Waals surface area (Å²) in [6.45, 7) is 2.09. The first kappa shape index (κ1) is 13.0. The highest BCUT2D eigenvalue weighted by molar-refractivity contribution is 7.89. The summed E-state index contributed by atoms with van der Waals surface area (Å²) in [6.07, 6.45) is 3.21. The van der Waals surface area contributed by atoms with Crippen LogP contribution in [0.4, 0.5) is 0 Å². The Hall–Kier alpha value is -1.41. The van der Waals surface area contributed by atoms with Gasteiger partial charge in [-0.2, -0.15) is 9.40 Å². The van der Waals surface area contributed by atoms with Crippen LogP contribution in [0, 0.1) is 5.41 Å². The van der Waals surface area contributed by atoms with Gasteiger partial charge in [-0.05, 0) is 19.8 Å². The lowest BCUT2D eigenvalue weighted by atomic mass is 9.81. The molecule has 0 spiro atoms. The van der Waals surface area contributed by atoms with Gasteiger partial charge in [0.25, 0.3) is 0 Å². The number of H-pyrrole nitrogens is 1. The van der Waals surface area contributed by atoms with E-state index in [1.165, 1.54) is 16.7 Å². The molecule has 1 fully saturated rings. The maximum absolute atomic E-state index is 12.1. The molecule has 1 aromatic heterocycles. The van der Waals surface area contributed by atoms with E-state index < -0.39 is 21.4 Å². The van der Waals surface area contributed by atoms with E-state index in [9.17, 15) is 13.2 Å². The van der Waals surface area contributed by atoms with Crippen LogP contribution in [0.2, 0.25) is 0 Å². The van der Waals surface area contributed by atoms with Gasteiger partial charge in [0.05, 0.1) is 11.6 Å². The van der Waals surface area contributed by atoms with Crippen LogP contribution in [0.3, 0.4) is 0 Å². The number of hydrogen-bond acceptors (Lipinski definition) is 4. The van der Waals surface area contributed by atoms with E-state index in [2.05, 4.69) is 10.2 Å². The molecule has 7 nitrogen and oxygen atoms in total. The van der Waals surface area contributed by atoms with Crippen molar-refractivity contribution in [2.24, 2.45) is 5.41 Å². The van der Waals surface area contributed by atoms with E-state index >= 15 is 0 Å². The lowest BCUT2D eigenvalue weighted by Gasteiger charge is -2.35. The molecule has 0 atom stereocenters. The Kier molecular flexibility index (Phi) is 3.16. The number of rotatable bonds is 3. The van der Waals surface area contributed by atoms with Crippen LogP contribution in [0.5, 0.6) is 0 Å². The number of sulfonamides is 1. The van der Waals surface area contributed by atoms with Gasteiger partial charge in [-0.1, -0.05) is 0 Å². The minimum absolute atomic E-state index is 0.112. The fraction of sp³-hybridized carbons (Fsp3) is 0.600. The second kappa shape index (κ2) is 4.36. The Labute approximate surface area is 105 Å². The molecule has 0 aliphatic carbocycles. The first-order chi connectivity index (χ1) is 8.36. The lowest BCUT2D eigenvalue weighted by molar-refractivity contribution is -0.150. The predicted octanol–water partition coefficient (Wildman–Crippen LogP) is 0.285. The normalized spacial score (nSPS) is 20.7. The van der Waals surface area contributed by atoms with Crippen molar-refractivity contribution in [3.8, 4) is 0 Å². The molecule has 2 heterocycles. The number of carboxylic acids is 1. The monoisotopic (exact) mass is 273 g/mol. The number of nitrogens with zero attached hydrogens (tertiary/aromatic N) is 2. The van der Waals surface area contributed by atoms with Gasteiger partial charge in [-0.25, -0.2) is 8.42 Å². The molecule has 100 valence electrons. The van der Waals surface area contributed by atoms with E-state index in [1.54, 1.807) is 6.92 Å². The average molecular weight is 273 g/mol. The van der Waals surface area contributed by atoms with E-state index in [0.717, 1.165) is 0 Å². The molecule has 0 aromatic carbocycles. The highest BCUT2D eigenvalue weighted by Gasteiger charge is 2.40. The second-order valence-electron chi connectivity index (χ2n) is 4.70. The fourth-order valence-electron chi connectivity index (χ4n) is 1.96. The number of piperidine rings is 1. The van der Waals surface area contributed by atoms with Crippen molar-refractivity contribution >= 4 is 16.0 Å². The zero-order valence-corrected chi connectivity index (χ0v) is 10.8. The van der Waals surface area contributed by atoms with Crippen molar-refractivity contribution in [3.05, 3.63) is 12.4 Å². The Morgan fingerprint density at radius 2 is 2.11 bits per heavy atom. The van der Waals surface area contributed by atoms with E-state index in [1.807, 2.05) is 0 Å². The first-order valence-corrected chi connectivity index (χ1v) is 7.03. The third-order valence-electron chi connectivity index (χ3n) is 3.45. The number of aromatic nitrogens is 2. The molecule has 8 heteroatoms. The van der Waals surface area contributed by atoms with Gasteiger partial charge in [0.1, 0.15) is 4.90 Å². The summed E-state index contributed by atoms with van der Waals surface area (Å²) in [6, 6.07) is 0. The molecule has 0 radical (unpaired) electrons. The topological polar surface area (TPSA) is 103 Å². The molecule has 0 saturated carbocycles. The van der Waals surface area contributed by atoms with Crippen LogP contribution in [-0.4, -0.2) is 47.1 Å². The van der Waals surface area contributed by atoms with Crippen molar-refractivity contribution in [3.63, 3.8) is 0 Å². The van der Waals surface area contributed by atoms with Crippen LogP contribution < -0.4 is 0 Å².